The van der Waals surface area contributed by atoms with Gasteiger partial charge in [0.2, 0.25) is 5.91 Å². The molecule has 0 aliphatic carbocycles. The van der Waals surface area contributed by atoms with E-state index >= 15 is 0 Å². The second-order valence-corrected chi connectivity index (χ2v) is 7.77. The van der Waals surface area contributed by atoms with Crippen molar-refractivity contribution in [2.45, 2.75) is 19.4 Å². The molecule has 0 saturated carbocycles. The van der Waals surface area contributed by atoms with Crippen LogP contribution in [0.1, 0.15) is 29.8 Å². The number of anilines is 1. The minimum atomic E-state index is -1.28. The maximum Gasteiger partial charge on any atom is 0.325 e. The molecule has 30 heavy (non-hydrogen) atoms. The summed E-state index contributed by atoms with van der Waals surface area (Å²) in [6.45, 7) is 3.44. The van der Waals surface area contributed by atoms with Gasteiger partial charge in [-0.05, 0) is 38.1 Å². The van der Waals surface area contributed by atoms with E-state index in [1.54, 1.807) is 49.4 Å². The molecule has 9 heteroatoms. The number of carbonyl (C=O) groups is 4. The number of urea groups is 1. The Morgan fingerprint density at radius 2 is 1.87 bits per heavy atom. The zero-order chi connectivity index (χ0) is 21.9. The lowest BCUT2D eigenvalue weighted by molar-refractivity contribution is -0.133. The van der Waals surface area contributed by atoms with Crippen molar-refractivity contribution < 1.29 is 19.2 Å². The molecule has 8 nitrogen and oxygen atoms in total. The Morgan fingerprint density at radius 1 is 1.13 bits per heavy atom. The van der Waals surface area contributed by atoms with Gasteiger partial charge in [-0.1, -0.05) is 40.2 Å². The number of hydrogen-bond donors (Lipinski definition) is 3. The highest BCUT2D eigenvalue weighted by molar-refractivity contribution is 9.10. The van der Waals surface area contributed by atoms with E-state index in [-0.39, 0.29) is 5.91 Å². The van der Waals surface area contributed by atoms with Gasteiger partial charge in [0.05, 0.1) is 0 Å². The predicted molar refractivity (Wildman–Crippen MR) is 115 cm³/mol. The Kier molecular flexibility index (Phi) is 6.21. The van der Waals surface area contributed by atoms with Crippen LogP contribution in [0.25, 0.3) is 0 Å². The van der Waals surface area contributed by atoms with Gasteiger partial charge in [-0.15, -0.1) is 0 Å². The van der Waals surface area contributed by atoms with Gasteiger partial charge in [0, 0.05) is 27.8 Å². The molecular weight excluding hydrogens is 452 g/mol. The van der Waals surface area contributed by atoms with E-state index in [0.717, 1.165) is 4.90 Å². The highest BCUT2D eigenvalue weighted by Gasteiger charge is 2.50. The summed E-state index contributed by atoms with van der Waals surface area (Å²) in [6.07, 6.45) is 0. The Balaban J connectivity index is 1.72. The normalized spacial score (nSPS) is 18.2. The molecule has 156 valence electrons. The zero-order valence-corrected chi connectivity index (χ0v) is 18.1. The monoisotopic (exact) mass is 472 g/mol. The van der Waals surface area contributed by atoms with Crippen LogP contribution in [0.2, 0.25) is 0 Å². The molecule has 5 amide bonds. The smallest absolute Gasteiger partial charge is 0.325 e. The Morgan fingerprint density at radius 3 is 2.57 bits per heavy atom. The molecule has 3 N–H and O–H groups in total. The summed E-state index contributed by atoms with van der Waals surface area (Å²) < 4.78 is 0.676. The quantitative estimate of drug-likeness (QED) is 0.561. The second-order valence-electron chi connectivity index (χ2n) is 6.91. The van der Waals surface area contributed by atoms with E-state index in [1.807, 2.05) is 6.92 Å². The van der Waals surface area contributed by atoms with E-state index in [9.17, 15) is 19.2 Å². The molecule has 0 spiro atoms. The number of nitrogens with zero attached hydrogens (tertiary/aromatic N) is 1. The van der Waals surface area contributed by atoms with Crippen molar-refractivity contribution in [2.75, 3.05) is 18.4 Å². The third-order valence-corrected chi connectivity index (χ3v) is 5.43. The summed E-state index contributed by atoms with van der Waals surface area (Å²) in [5.41, 5.74) is 0.103. The van der Waals surface area contributed by atoms with Gasteiger partial charge in [-0.2, -0.15) is 0 Å². The van der Waals surface area contributed by atoms with E-state index in [4.69, 9.17) is 0 Å². The van der Waals surface area contributed by atoms with Crippen molar-refractivity contribution in [3.63, 3.8) is 0 Å². The molecule has 3 rings (SSSR count). The van der Waals surface area contributed by atoms with Crippen LogP contribution >= 0.6 is 15.9 Å². The standard InChI is InChI=1S/C21H21BrN4O4/c1-3-23-18(28)13-7-6-8-14(11-13)24-17(27)12-26-19(29)21(2,25-20(26)30)15-9-4-5-10-16(15)22/h4-11H,3,12H2,1-2H3,(H,23,28)(H,24,27)(H,25,30). The molecule has 2 aromatic carbocycles. The van der Waals surface area contributed by atoms with Crippen molar-refractivity contribution in [1.82, 2.24) is 15.5 Å². The molecule has 1 aliphatic rings. The van der Waals surface area contributed by atoms with Crippen LogP contribution in [-0.4, -0.2) is 41.7 Å². The summed E-state index contributed by atoms with van der Waals surface area (Å²) in [5.74, 6) is -1.33. The minimum Gasteiger partial charge on any atom is -0.352 e. The number of imide groups is 1. The minimum absolute atomic E-state index is 0.257. The van der Waals surface area contributed by atoms with E-state index < -0.39 is 29.9 Å². The topological polar surface area (TPSA) is 108 Å². The molecular formula is C21H21BrN4O4. The lowest BCUT2D eigenvalue weighted by atomic mass is 9.92. The molecule has 0 radical (unpaired) electrons. The number of hydrogen-bond acceptors (Lipinski definition) is 4. The van der Waals surface area contributed by atoms with Gasteiger partial charge in [0.1, 0.15) is 12.1 Å². The van der Waals surface area contributed by atoms with Gasteiger partial charge in [0.25, 0.3) is 11.8 Å². The number of carbonyl (C=O) groups excluding carboxylic acids is 4. The number of amides is 5. The molecule has 1 aliphatic heterocycles. The molecule has 1 atom stereocenters. The van der Waals surface area contributed by atoms with Crippen LogP contribution < -0.4 is 16.0 Å². The highest BCUT2D eigenvalue weighted by Crippen LogP contribution is 2.33. The average molecular weight is 473 g/mol. The molecule has 1 heterocycles. The van der Waals surface area contributed by atoms with E-state index in [0.29, 0.717) is 27.8 Å². The fraction of sp³-hybridized carbons (Fsp3) is 0.238. The Bertz CT molecular complexity index is 1030. The molecule has 0 aromatic heterocycles. The van der Waals surface area contributed by atoms with Crippen molar-refractivity contribution in [1.29, 1.82) is 0 Å². The van der Waals surface area contributed by atoms with Crippen LogP contribution in [0.3, 0.4) is 0 Å². The first-order chi connectivity index (χ1) is 14.3. The fourth-order valence-corrected chi connectivity index (χ4v) is 3.92. The lowest BCUT2D eigenvalue weighted by Gasteiger charge is -2.23. The maximum atomic E-state index is 13.0. The summed E-state index contributed by atoms with van der Waals surface area (Å²) in [5, 5.41) is 7.97. The van der Waals surface area contributed by atoms with Gasteiger partial charge < -0.3 is 16.0 Å². The molecule has 1 saturated heterocycles. The largest absolute Gasteiger partial charge is 0.352 e. The lowest BCUT2D eigenvalue weighted by Crippen LogP contribution is -2.42. The van der Waals surface area contributed by atoms with Crippen LogP contribution in [0.4, 0.5) is 10.5 Å². The fourth-order valence-electron chi connectivity index (χ4n) is 3.23. The maximum absolute atomic E-state index is 13.0. The number of benzene rings is 2. The van der Waals surface area contributed by atoms with Gasteiger partial charge >= 0.3 is 6.03 Å². The third kappa shape index (κ3) is 4.20. The number of halogens is 1. The summed E-state index contributed by atoms with van der Waals surface area (Å²) in [7, 11) is 0. The predicted octanol–water partition coefficient (Wildman–Crippen LogP) is 2.60. The van der Waals surface area contributed by atoms with Crippen LogP contribution in [-0.2, 0) is 15.1 Å². The van der Waals surface area contributed by atoms with Crippen molar-refractivity contribution in [3.8, 4) is 0 Å². The van der Waals surface area contributed by atoms with Gasteiger partial charge in [0.15, 0.2) is 0 Å². The van der Waals surface area contributed by atoms with Crippen LogP contribution in [0.5, 0.6) is 0 Å². The third-order valence-electron chi connectivity index (χ3n) is 4.74. The van der Waals surface area contributed by atoms with E-state index in [2.05, 4.69) is 31.9 Å². The van der Waals surface area contributed by atoms with Crippen molar-refractivity contribution in [2.24, 2.45) is 0 Å². The summed E-state index contributed by atoms with van der Waals surface area (Å²) >= 11 is 3.40. The number of rotatable bonds is 6. The Labute approximate surface area is 182 Å². The van der Waals surface area contributed by atoms with Crippen LogP contribution in [0, 0.1) is 0 Å². The SMILES string of the molecule is CCNC(=O)c1cccc(NC(=O)CN2C(=O)NC(C)(c3ccccc3Br)C2=O)c1. The summed E-state index contributed by atoms with van der Waals surface area (Å²) in [4.78, 5) is 50.7. The second kappa shape index (κ2) is 8.66. The number of nitrogens with one attached hydrogen (secondary N) is 3. The van der Waals surface area contributed by atoms with Crippen molar-refractivity contribution >= 4 is 45.4 Å². The van der Waals surface area contributed by atoms with Crippen molar-refractivity contribution in [3.05, 3.63) is 64.1 Å². The highest BCUT2D eigenvalue weighted by atomic mass is 79.9. The van der Waals surface area contributed by atoms with E-state index in [1.165, 1.54) is 6.07 Å². The first-order valence-corrected chi connectivity index (χ1v) is 10.1. The Hall–Kier alpha value is -3.20. The average Bonchev–Trinajstić information content (AvgIpc) is 2.92. The molecule has 1 fully saturated rings. The molecule has 0 bridgehead atoms. The first-order valence-electron chi connectivity index (χ1n) is 9.33. The molecule has 2 aromatic rings. The van der Waals surface area contributed by atoms with Gasteiger partial charge in [-0.3, -0.25) is 19.3 Å². The summed E-state index contributed by atoms with van der Waals surface area (Å²) in [6, 6.07) is 12.8. The first kappa shape index (κ1) is 21.5. The molecule has 1 unspecified atom stereocenters. The van der Waals surface area contributed by atoms with Gasteiger partial charge in [-0.25, -0.2) is 4.79 Å². The zero-order valence-electron chi connectivity index (χ0n) is 16.5. The van der Waals surface area contributed by atoms with Crippen LogP contribution in [0.15, 0.2) is 53.0 Å².